The van der Waals surface area contributed by atoms with Crippen molar-refractivity contribution in [2.75, 3.05) is 13.7 Å². The number of carboxylic acid groups (broad SMARTS) is 1. The summed E-state index contributed by atoms with van der Waals surface area (Å²) < 4.78 is 4.80. The standard InChI is InChI=1S/C14H15Cl2NO4/c1-21-7-6-12(14(19)20)17-13(18)5-3-9-2-4-10(15)8-11(9)16/h2-5,8,12H,6-7H2,1H3,(H,17,18)(H,19,20). The number of carbonyl (C=O) groups excluding carboxylic acids is 1. The first-order valence-corrected chi connectivity index (χ1v) is 6.85. The van der Waals surface area contributed by atoms with Crippen LogP contribution < -0.4 is 5.32 Å². The Balaban J connectivity index is 2.66. The van der Waals surface area contributed by atoms with Crippen molar-refractivity contribution in [1.82, 2.24) is 5.32 Å². The van der Waals surface area contributed by atoms with E-state index in [2.05, 4.69) is 5.32 Å². The summed E-state index contributed by atoms with van der Waals surface area (Å²) in [5.41, 5.74) is 0.611. The molecule has 0 saturated carbocycles. The summed E-state index contributed by atoms with van der Waals surface area (Å²) in [6.07, 6.45) is 2.90. The first kappa shape index (κ1) is 17.5. The molecule has 114 valence electrons. The number of amides is 1. The summed E-state index contributed by atoms with van der Waals surface area (Å²) in [6, 6.07) is 3.86. The van der Waals surface area contributed by atoms with E-state index in [1.807, 2.05) is 0 Å². The third-order valence-electron chi connectivity index (χ3n) is 2.60. The first-order valence-electron chi connectivity index (χ1n) is 6.09. The Bertz CT molecular complexity index is 546. The Morgan fingerprint density at radius 2 is 2.14 bits per heavy atom. The lowest BCUT2D eigenvalue weighted by atomic mass is 10.2. The van der Waals surface area contributed by atoms with Gasteiger partial charge in [-0.05, 0) is 23.8 Å². The van der Waals surface area contributed by atoms with Crippen molar-refractivity contribution in [3.63, 3.8) is 0 Å². The number of aliphatic carboxylic acids is 1. The minimum atomic E-state index is -1.11. The predicted molar refractivity (Wildman–Crippen MR) is 81.6 cm³/mol. The zero-order chi connectivity index (χ0) is 15.8. The van der Waals surface area contributed by atoms with Gasteiger partial charge in [0, 0.05) is 36.3 Å². The first-order chi connectivity index (χ1) is 9.93. The molecule has 0 aliphatic heterocycles. The molecule has 1 aromatic rings. The highest BCUT2D eigenvalue weighted by Crippen LogP contribution is 2.21. The zero-order valence-electron chi connectivity index (χ0n) is 11.3. The lowest BCUT2D eigenvalue weighted by Gasteiger charge is -2.12. The number of rotatable bonds is 7. The van der Waals surface area contributed by atoms with Gasteiger partial charge in [0.05, 0.1) is 0 Å². The summed E-state index contributed by atoms with van der Waals surface area (Å²) in [4.78, 5) is 22.7. The van der Waals surface area contributed by atoms with Crippen molar-refractivity contribution >= 4 is 41.2 Å². The Morgan fingerprint density at radius 3 is 2.71 bits per heavy atom. The zero-order valence-corrected chi connectivity index (χ0v) is 12.8. The van der Waals surface area contributed by atoms with Crippen molar-refractivity contribution < 1.29 is 19.4 Å². The van der Waals surface area contributed by atoms with Crippen LogP contribution in [0.25, 0.3) is 6.08 Å². The molecule has 1 amide bonds. The third kappa shape index (κ3) is 6.16. The van der Waals surface area contributed by atoms with Crippen LogP contribution in [0, 0.1) is 0 Å². The predicted octanol–water partition coefficient (Wildman–Crippen LogP) is 2.61. The van der Waals surface area contributed by atoms with E-state index >= 15 is 0 Å². The van der Waals surface area contributed by atoms with Crippen LogP contribution in [0.3, 0.4) is 0 Å². The van der Waals surface area contributed by atoms with Crippen LogP contribution >= 0.6 is 23.2 Å². The van der Waals surface area contributed by atoms with Gasteiger partial charge in [-0.3, -0.25) is 4.79 Å². The van der Waals surface area contributed by atoms with Gasteiger partial charge < -0.3 is 15.2 Å². The molecular formula is C14H15Cl2NO4. The van der Waals surface area contributed by atoms with E-state index in [9.17, 15) is 9.59 Å². The molecule has 0 aliphatic carbocycles. The molecule has 1 aromatic carbocycles. The van der Waals surface area contributed by atoms with Crippen LogP contribution in [0.5, 0.6) is 0 Å². The second-order valence-electron chi connectivity index (χ2n) is 4.18. The van der Waals surface area contributed by atoms with E-state index in [1.165, 1.54) is 19.3 Å². The summed E-state index contributed by atoms with van der Waals surface area (Å²) in [5.74, 6) is -1.64. The summed E-state index contributed by atoms with van der Waals surface area (Å²) in [7, 11) is 1.46. The molecule has 7 heteroatoms. The quantitative estimate of drug-likeness (QED) is 0.753. The second kappa shape index (κ2) is 8.67. The van der Waals surface area contributed by atoms with Crippen LogP contribution in [0.2, 0.25) is 10.0 Å². The number of hydrogen-bond donors (Lipinski definition) is 2. The van der Waals surface area contributed by atoms with E-state index in [4.69, 9.17) is 33.0 Å². The molecule has 1 unspecified atom stereocenters. The van der Waals surface area contributed by atoms with Gasteiger partial charge in [0.2, 0.25) is 5.91 Å². The average molecular weight is 332 g/mol. The molecule has 0 saturated heterocycles. The summed E-state index contributed by atoms with van der Waals surface area (Å²) in [6.45, 7) is 0.240. The van der Waals surface area contributed by atoms with Gasteiger partial charge in [-0.1, -0.05) is 29.3 Å². The highest BCUT2D eigenvalue weighted by molar-refractivity contribution is 6.35. The van der Waals surface area contributed by atoms with Crippen LogP contribution in [0.15, 0.2) is 24.3 Å². The lowest BCUT2D eigenvalue weighted by molar-refractivity contribution is -0.141. The fraction of sp³-hybridized carbons (Fsp3) is 0.286. The van der Waals surface area contributed by atoms with E-state index in [0.717, 1.165) is 0 Å². The molecule has 1 rings (SSSR count). The number of benzene rings is 1. The SMILES string of the molecule is COCCC(NC(=O)C=Cc1ccc(Cl)cc1Cl)C(=O)O. The molecular weight excluding hydrogens is 317 g/mol. The largest absolute Gasteiger partial charge is 0.480 e. The van der Waals surface area contributed by atoms with Gasteiger partial charge in [-0.2, -0.15) is 0 Å². The molecule has 21 heavy (non-hydrogen) atoms. The molecule has 0 heterocycles. The number of ether oxygens (including phenoxy) is 1. The Morgan fingerprint density at radius 1 is 1.43 bits per heavy atom. The molecule has 0 bridgehead atoms. The van der Waals surface area contributed by atoms with Gasteiger partial charge >= 0.3 is 5.97 Å². The Kier molecular flexibility index (Phi) is 7.22. The summed E-state index contributed by atoms with van der Waals surface area (Å²) >= 11 is 11.7. The van der Waals surface area contributed by atoms with E-state index in [-0.39, 0.29) is 13.0 Å². The Labute approximate surface area is 132 Å². The number of hydrogen-bond acceptors (Lipinski definition) is 3. The van der Waals surface area contributed by atoms with Crippen molar-refractivity contribution in [2.45, 2.75) is 12.5 Å². The molecule has 0 aromatic heterocycles. The maximum Gasteiger partial charge on any atom is 0.326 e. The van der Waals surface area contributed by atoms with Crippen LogP contribution in [0.4, 0.5) is 0 Å². The number of carbonyl (C=O) groups is 2. The monoisotopic (exact) mass is 331 g/mol. The van der Waals surface area contributed by atoms with Crippen molar-refractivity contribution in [3.05, 3.63) is 39.9 Å². The van der Waals surface area contributed by atoms with E-state index in [0.29, 0.717) is 15.6 Å². The highest BCUT2D eigenvalue weighted by atomic mass is 35.5. The lowest BCUT2D eigenvalue weighted by Crippen LogP contribution is -2.40. The van der Waals surface area contributed by atoms with E-state index in [1.54, 1.807) is 18.2 Å². The van der Waals surface area contributed by atoms with Crippen molar-refractivity contribution in [2.24, 2.45) is 0 Å². The number of carboxylic acids is 1. The fourth-order valence-corrected chi connectivity index (χ4v) is 1.99. The minimum absolute atomic E-state index is 0.188. The fourth-order valence-electron chi connectivity index (χ4n) is 1.52. The van der Waals surface area contributed by atoms with Gasteiger partial charge in [-0.15, -0.1) is 0 Å². The molecule has 0 fully saturated rings. The third-order valence-corrected chi connectivity index (χ3v) is 3.16. The van der Waals surface area contributed by atoms with Crippen molar-refractivity contribution in [3.8, 4) is 0 Å². The minimum Gasteiger partial charge on any atom is -0.480 e. The molecule has 0 spiro atoms. The molecule has 0 radical (unpaired) electrons. The molecule has 2 N–H and O–H groups in total. The van der Waals surface area contributed by atoms with Gasteiger partial charge in [-0.25, -0.2) is 4.79 Å². The maximum absolute atomic E-state index is 11.7. The molecule has 1 atom stereocenters. The molecule has 0 aliphatic rings. The Hall–Kier alpha value is -1.56. The number of nitrogens with one attached hydrogen (secondary N) is 1. The smallest absolute Gasteiger partial charge is 0.326 e. The number of halogens is 2. The summed E-state index contributed by atoms with van der Waals surface area (Å²) in [5, 5.41) is 12.3. The van der Waals surface area contributed by atoms with Crippen LogP contribution in [0.1, 0.15) is 12.0 Å². The van der Waals surface area contributed by atoms with Crippen LogP contribution in [-0.2, 0) is 14.3 Å². The highest BCUT2D eigenvalue weighted by Gasteiger charge is 2.18. The van der Waals surface area contributed by atoms with Gasteiger partial charge in [0.15, 0.2) is 0 Å². The van der Waals surface area contributed by atoms with Gasteiger partial charge in [0.25, 0.3) is 0 Å². The molecule has 5 nitrogen and oxygen atoms in total. The normalized spacial score (nSPS) is 12.3. The average Bonchev–Trinajstić information content (AvgIpc) is 2.42. The van der Waals surface area contributed by atoms with Crippen molar-refractivity contribution in [1.29, 1.82) is 0 Å². The van der Waals surface area contributed by atoms with Crippen LogP contribution in [-0.4, -0.2) is 36.7 Å². The topological polar surface area (TPSA) is 75.6 Å². The second-order valence-corrected chi connectivity index (χ2v) is 5.02. The van der Waals surface area contributed by atoms with Gasteiger partial charge in [0.1, 0.15) is 6.04 Å². The van der Waals surface area contributed by atoms with E-state index < -0.39 is 17.9 Å². The number of methoxy groups -OCH3 is 1. The maximum atomic E-state index is 11.7.